The molecule has 1 unspecified atom stereocenters. The van der Waals surface area contributed by atoms with E-state index in [1.165, 1.54) is 0 Å². The van der Waals surface area contributed by atoms with Crippen LogP contribution in [0.15, 0.2) is 54.6 Å². The lowest BCUT2D eigenvalue weighted by atomic mass is 10.1. The number of benzene rings is 2. The van der Waals surface area contributed by atoms with Crippen molar-refractivity contribution in [2.45, 2.75) is 5.92 Å². The van der Waals surface area contributed by atoms with Crippen molar-refractivity contribution in [1.82, 2.24) is 9.97 Å². The molecule has 0 bridgehead atoms. The Bertz CT molecular complexity index is 784. The highest BCUT2D eigenvalue weighted by Crippen LogP contribution is 2.19. The number of nitrogens with zero attached hydrogens (tertiary/aromatic N) is 2. The van der Waals surface area contributed by atoms with Gasteiger partial charge in [-0.3, -0.25) is 4.79 Å². The van der Waals surface area contributed by atoms with Crippen LogP contribution in [0.5, 0.6) is 0 Å². The summed E-state index contributed by atoms with van der Waals surface area (Å²) in [6.07, 6.45) is 0. The lowest BCUT2D eigenvalue weighted by Gasteiger charge is -2.07. The van der Waals surface area contributed by atoms with Crippen LogP contribution in [0.25, 0.3) is 11.0 Å². The summed E-state index contributed by atoms with van der Waals surface area (Å²) >= 11 is 0. The number of H-pyrrole nitrogens is 1. The van der Waals surface area contributed by atoms with Crippen LogP contribution in [-0.2, 0) is 4.79 Å². The van der Waals surface area contributed by atoms with E-state index in [9.17, 15) is 10.1 Å². The fraction of sp³-hybridized carbons (Fsp3) is 0.0625. The molecular formula is C16H12N4O. The molecule has 3 rings (SSSR count). The minimum Gasteiger partial charge on any atom is -0.340 e. The molecule has 3 aromatic rings. The summed E-state index contributed by atoms with van der Waals surface area (Å²) in [7, 11) is 0. The second-order valence-electron chi connectivity index (χ2n) is 4.56. The van der Waals surface area contributed by atoms with Gasteiger partial charge in [0.05, 0.1) is 17.1 Å². The molecule has 1 atom stereocenters. The first-order valence-electron chi connectivity index (χ1n) is 6.48. The highest BCUT2D eigenvalue weighted by atomic mass is 16.1. The molecule has 0 aliphatic rings. The zero-order chi connectivity index (χ0) is 14.7. The topological polar surface area (TPSA) is 81.6 Å². The van der Waals surface area contributed by atoms with Gasteiger partial charge in [-0.15, -0.1) is 0 Å². The summed E-state index contributed by atoms with van der Waals surface area (Å²) in [5.74, 6) is -1.02. The third-order valence-electron chi connectivity index (χ3n) is 3.11. The van der Waals surface area contributed by atoms with E-state index in [2.05, 4.69) is 15.3 Å². The number of imidazole rings is 1. The molecule has 0 saturated heterocycles. The zero-order valence-electron chi connectivity index (χ0n) is 11.1. The molecule has 0 aliphatic carbocycles. The van der Waals surface area contributed by atoms with Crippen molar-refractivity contribution in [2.75, 3.05) is 5.32 Å². The van der Waals surface area contributed by atoms with Gasteiger partial charge in [-0.2, -0.15) is 5.26 Å². The van der Waals surface area contributed by atoms with Crippen molar-refractivity contribution in [3.05, 3.63) is 60.4 Å². The standard InChI is InChI=1S/C16H12N4O/c17-10-12(16(21)18-11-6-2-1-3-7-11)15-19-13-8-4-5-9-14(13)20-15/h1-9,12H,(H,18,21)(H,19,20). The second-order valence-corrected chi connectivity index (χ2v) is 4.56. The lowest BCUT2D eigenvalue weighted by molar-refractivity contribution is -0.116. The smallest absolute Gasteiger partial charge is 0.249 e. The number of carbonyl (C=O) groups excluding carboxylic acids is 1. The molecule has 102 valence electrons. The Morgan fingerprint density at radius 1 is 1.14 bits per heavy atom. The average Bonchev–Trinajstić information content (AvgIpc) is 2.92. The van der Waals surface area contributed by atoms with Crippen LogP contribution in [0.2, 0.25) is 0 Å². The van der Waals surface area contributed by atoms with Crippen LogP contribution in [0.1, 0.15) is 11.7 Å². The monoisotopic (exact) mass is 276 g/mol. The number of nitriles is 1. The molecule has 1 heterocycles. The fourth-order valence-corrected chi connectivity index (χ4v) is 2.09. The molecule has 0 spiro atoms. The number of aromatic nitrogens is 2. The lowest BCUT2D eigenvalue weighted by Crippen LogP contribution is -2.20. The Hall–Kier alpha value is -3.13. The average molecular weight is 276 g/mol. The number of carbonyl (C=O) groups is 1. The van der Waals surface area contributed by atoms with E-state index in [0.29, 0.717) is 11.5 Å². The van der Waals surface area contributed by atoms with Crippen molar-refractivity contribution in [3.8, 4) is 6.07 Å². The van der Waals surface area contributed by atoms with E-state index in [-0.39, 0.29) is 0 Å². The van der Waals surface area contributed by atoms with Crippen molar-refractivity contribution in [3.63, 3.8) is 0 Å². The summed E-state index contributed by atoms with van der Waals surface area (Å²) in [5.41, 5.74) is 2.19. The van der Waals surface area contributed by atoms with Gasteiger partial charge < -0.3 is 10.3 Å². The molecule has 0 radical (unpaired) electrons. The summed E-state index contributed by atoms with van der Waals surface area (Å²) < 4.78 is 0. The number of nitrogens with one attached hydrogen (secondary N) is 2. The van der Waals surface area contributed by atoms with E-state index in [0.717, 1.165) is 11.0 Å². The Morgan fingerprint density at radius 2 is 1.86 bits per heavy atom. The number of para-hydroxylation sites is 3. The first-order chi connectivity index (χ1) is 10.3. The number of hydrogen-bond acceptors (Lipinski definition) is 3. The minimum absolute atomic E-state index is 0.354. The van der Waals surface area contributed by atoms with Crippen LogP contribution < -0.4 is 5.32 Å². The molecular weight excluding hydrogens is 264 g/mol. The van der Waals surface area contributed by atoms with Gasteiger partial charge in [-0.25, -0.2) is 4.98 Å². The van der Waals surface area contributed by atoms with Crippen molar-refractivity contribution in [1.29, 1.82) is 5.26 Å². The molecule has 1 aromatic heterocycles. The van der Waals surface area contributed by atoms with Gasteiger partial charge in [0.15, 0.2) is 5.92 Å². The Labute approximate surface area is 121 Å². The summed E-state index contributed by atoms with van der Waals surface area (Å²) in [6, 6.07) is 18.4. The van der Waals surface area contributed by atoms with Crippen molar-refractivity contribution >= 4 is 22.6 Å². The Balaban J connectivity index is 1.87. The molecule has 2 N–H and O–H groups in total. The zero-order valence-corrected chi connectivity index (χ0v) is 11.1. The third-order valence-corrected chi connectivity index (χ3v) is 3.11. The van der Waals surface area contributed by atoms with Gasteiger partial charge in [0, 0.05) is 5.69 Å². The van der Waals surface area contributed by atoms with Gasteiger partial charge in [0.2, 0.25) is 5.91 Å². The molecule has 0 fully saturated rings. The number of aromatic amines is 1. The van der Waals surface area contributed by atoms with Gasteiger partial charge in [-0.05, 0) is 24.3 Å². The van der Waals surface area contributed by atoms with Gasteiger partial charge in [-0.1, -0.05) is 30.3 Å². The maximum atomic E-state index is 12.2. The van der Waals surface area contributed by atoms with Gasteiger partial charge in [0.25, 0.3) is 0 Å². The predicted molar refractivity (Wildman–Crippen MR) is 79.5 cm³/mol. The maximum absolute atomic E-state index is 12.2. The molecule has 1 amide bonds. The summed E-state index contributed by atoms with van der Waals surface area (Å²) in [6.45, 7) is 0. The highest BCUT2D eigenvalue weighted by molar-refractivity contribution is 5.97. The van der Waals surface area contributed by atoms with E-state index < -0.39 is 11.8 Å². The first-order valence-corrected chi connectivity index (χ1v) is 6.48. The number of amides is 1. The third kappa shape index (κ3) is 2.60. The largest absolute Gasteiger partial charge is 0.340 e. The van der Waals surface area contributed by atoms with Gasteiger partial charge >= 0.3 is 0 Å². The predicted octanol–water partition coefficient (Wildman–Crippen LogP) is 2.81. The van der Waals surface area contributed by atoms with Crippen LogP contribution in [0.3, 0.4) is 0 Å². The van der Waals surface area contributed by atoms with E-state index in [4.69, 9.17) is 0 Å². The highest BCUT2D eigenvalue weighted by Gasteiger charge is 2.23. The van der Waals surface area contributed by atoms with E-state index in [1.54, 1.807) is 12.1 Å². The second kappa shape index (κ2) is 5.47. The molecule has 2 aromatic carbocycles. The normalized spacial score (nSPS) is 11.8. The Morgan fingerprint density at radius 3 is 2.57 bits per heavy atom. The maximum Gasteiger partial charge on any atom is 0.249 e. The van der Waals surface area contributed by atoms with Crippen LogP contribution in [0.4, 0.5) is 5.69 Å². The number of anilines is 1. The molecule has 0 saturated carbocycles. The minimum atomic E-state index is -0.974. The summed E-state index contributed by atoms with van der Waals surface area (Å²) in [4.78, 5) is 19.6. The van der Waals surface area contributed by atoms with Crippen molar-refractivity contribution < 1.29 is 4.79 Å². The fourth-order valence-electron chi connectivity index (χ4n) is 2.09. The van der Waals surface area contributed by atoms with E-state index in [1.807, 2.05) is 48.5 Å². The van der Waals surface area contributed by atoms with Gasteiger partial charge in [0.1, 0.15) is 5.82 Å². The number of rotatable bonds is 3. The molecule has 5 nitrogen and oxygen atoms in total. The SMILES string of the molecule is N#CC(C(=O)Nc1ccccc1)c1nc2ccccc2[nH]1. The van der Waals surface area contributed by atoms with Crippen LogP contribution in [0, 0.1) is 11.3 Å². The first kappa shape index (κ1) is 12.9. The number of hydrogen-bond donors (Lipinski definition) is 2. The number of fused-ring (bicyclic) bond motifs is 1. The van der Waals surface area contributed by atoms with Crippen LogP contribution in [-0.4, -0.2) is 15.9 Å². The van der Waals surface area contributed by atoms with Crippen molar-refractivity contribution in [2.24, 2.45) is 0 Å². The van der Waals surface area contributed by atoms with Crippen LogP contribution >= 0.6 is 0 Å². The van der Waals surface area contributed by atoms with E-state index >= 15 is 0 Å². The quantitative estimate of drug-likeness (QED) is 0.771. The molecule has 21 heavy (non-hydrogen) atoms. The molecule has 0 aliphatic heterocycles. The summed E-state index contributed by atoms with van der Waals surface area (Å²) in [5, 5.41) is 12.0. The molecule has 5 heteroatoms. The Kier molecular flexibility index (Phi) is 3.36.